The van der Waals surface area contributed by atoms with Gasteiger partial charge in [-0.15, -0.1) is 11.3 Å². The lowest BCUT2D eigenvalue weighted by Gasteiger charge is -2.00. The van der Waals surface area contributed by atoms with Gasteiger partial charge in [0.1, 0.15) is 5.75 Å². The number of methoxy groups -OCH3 is 1. The topological polar surface area (TPSA) is 63.8 Å². The summed E-state index contributed by atoms with van der Waals surface area (Å²) in [5, 5.41) is 10.6. The van der Waals surface area contributed by atoms with E-state index in [9.17, 15) is 4.79 Å². The van der Waals surface area contributed by atoms with Gasteiger partial charge in [0.2, 0.25) is 0 Å². The van der Waals surface area contributed by atoms with Gasteiger partial charge in [-0.05, 0) is 24.3 Å². The predicted molar refractivity (Wildman–Crippen MR) is 72.8 cm³/mol. The second-order valence-corrected chi connectivity index (χ2v) is 4.79. The van der Waals surface area contributed by atoms with Gasteiger partial charge in [-0.2, -0.15) is 0 Å². The van der Waals surface area contributed by atoms with Gasteiger partial charge in [0.25, 0.3) is 0 Å². The molecule has 0 spiro atoms. The molecule has 1 N–H and O–H groups in total. The van der Waals surface area contributed by atoms with E-state index in [-0.39, 0.29) is 6.42 Å². The molecule has 2 rings (SSSR count). The Kier molecular flexibility index (Phi) is 4.01. The van der Waals surface area contributed by atoms with E-state index in [1.165, 1.54) is 11.3 Å². The third kappa shape index (κ3) is 3.23. The number of ether oxygens (including phenoxy) is 1. The van der Waals surface area contributed by atoms with Crippen molar-refractivity contribution in [1.29, 1.82) is 0 Å². The van der Waals surface area contributed by atoms with E-state index in [0.717, 1.165) is 21.9 Å². The maximum Gasteiger partial charge on any atom is 0.309 e. The van der Waals surface area contributed by atoms with Crippen molar-refractivity contribution in [2.24, 2.45) is 12.0 Å². The average Bonchev–Trinajstić information content (AvgIpc) is 2.72. The zero-order chi connectivity index (χ0) is 13.8. The van der Waals surface area contributed by atoms with Crippen molar-refractivity contribution in [1.82, 2.24) is 4.57 Å². The van der Waals surface area contributed by atoms with Crippen LogP contribution in [0.3, 0.4) is 0 Å². The van der Waals surface area contributed by atoms with E-state index in [0.29, 0.717) is 0 Å². The number of benzene rings is 1. The Labute approximate surface area is 114 Å². The van der Waals surface area contributed by atoms with Crippen LogP contribution in [0.25, 0.3) is 0 Å². The molecule has 0 aliphatic carbocycles. The molecule has 0 radical (unpaired) electrons. The van der Waals surface area contributed by atoms with E-state index in [1.807, 2.05) is 36.7 Å². The molecular weight excluding hydrogens is 264 g/mol. The number of rotatable bonds is 4. The second-order valence-electron chi connectivity index (χ2n) is 3.95. The van der Waals surface area contributed by atoms with Crippen LogP contribution in [0.2, 0.25) is 0 Å². The monoisotopic (exact) mass is 278 g/mol. The zero-order valence-electron chi connectivity index (χ0n) is 10.7. The number of carboxylic acid groups (broad SMARTS) is 1. The van der Waals surface area contributed by atoms with E-state index in [1.54, 1.807) is 11.7 Å². The normalized spacial score (nSPS) is 11.6. The molecule has 0 amide bonds. The zero-order valence-corrected chi connectivity index (χ0v) is 11.5. The van der Waals surface area contributed by atoms with Crippen LogP contribution in [0.1, 0.15) is 5.69 Å². The van der Waals surface area contributed by atoms with Crippen LogP contribution in [-0.4, -0.2) is 22.8 Å². The molecule has 0 aliphatic heterocycles. The molecule has 19 heavy (non-hydrogen) atoms. The molecule has 0 fully saturated rings. The quantitative estimate of drug-likeness (QED) is 0.929. The van der Waals surface area contributed by atoms with Crippen LogP contribution in [0, 0.1) is 0 Å². The minimum absolute atomic E-state index is 0.00509. The fourth-order valence-electron chi connectivity index (χ4n) is 1.59. The van der Waals surface area contributed by atoms with Gasteiger partial charge in [-0.3, -0.25) is 4.79 Å². The molecular formula is C13H14N2O3S. The Morgan fingerprint density at radius 2 is 2.11 bits per heavy atom. The highest BCUT2D eigenvalue weighted by atomic mass is 32.1. The molecule has 0 unspecified atom stereocenters. The maximum atomic E-state index is 10.7. The summed E-state index contributed by atoms with van der Waals surface area (Å²) >= 11 is 1.42. The van der Waals surface area contributed by atoms with Crippen molar-refractivity contribution in [3.8, 4) is 5.75 Å². The largest absolute Gasteiger partial charge is 0.497 e. The third-order valence-corrected chi connectivity index (χ3v) is 3.61. The molecule has 0 bridgehead atoms. The smallest absolute Gasteiger partial charge is 0.309 e. The summed E-state index contributed by atoms with van der Waals surface area (Å²) in [7, 11) is 3.43. The molecule has 0 saturated heterocycles. The van der Waals surface area contributed by atoms with E-state index < -0.39 is 5.97 Å². The second kappa shape index (κ2) is 5.71. The van der Waals surface area contributed by atoms with Crippen molar-refractivity contribution in [3.63, 3.8) is 0 Å². The third-order valence-electron chi connectivity index (χ3n) is 2.65. The minimum Gasteiger partial charge on any atom is -0.497 e. The highest BCUT2D eigenvalue weighted by Crippen LogP contribution is 2.17. The highest BCUT2D eigenvalue weighted by Gasteiger charge is 2.06. The molecule has 1 aromatic heterocycles. The van der Waals surface area contributed by atoms with Gasteiger partial charge in [-0.1, -0.05) is 0 Å². The number of carbonyl (C=O) groups is 1. The van der Waals surface area contributed by atoms with Gasteiger partial charge in [-0.25, -0.2) is 4.99 Å². The van der Waals surface area contributed by atoms with E-state index in [4.69, 9.17) is 9.84 Å². The molecule has 5 nitrogen and oxygen atoms in total. The van der Waals surface area contributed by atoms with Gasteiger partial charge in [0, 0.05) is 18.1 Å². The number of nitrogens with zero attached hydrogens (tertiary/aromatic N) is 2. The lowest BCUT2D eigenvalue weighted by atomic mass is 10.3. The summed E-state index contributed by atoms with van der Waals surface area (Å²) in [6.45, 7) is 0. The molecule has 1 heterocycles. The molecule has 6 heteroatoms. The fraction of sp³-hybridized carbons (Fsp3) is 0.231. The number of aliphatic carboxylic acids is 1. The highest BCUT2D eigenvalue weighted by molar-refractivity contribution is 7.07. The van der Waals surface area contributed by atoms with Crippen molar-refractivity contribution >= 4 is 23.0 Å². The summed E-state index contributed by atoms with van der Waals surface area (Å²) in [4.78, 5) is 15.9. The first kappa shape index (κ1) is 13.4. The number of hydrogen-bond donors (Lipinski definition) is 1. The number of aromatic nitrogens is 1. The van der Waals surface area contributed by atoms with Crippen LogP contribution >= 0.6 is 11.3 Å². The lowest BCUT2D eigenvalue weighted by molar-refractivity contribution is -0.136. The molecule has 0 atom stereocenters. The summed E-state index contributed by atoms with van der Waals surface area (Å²) in [6, 6.07) is 7.39. The fourth-order valence-corrected chi connectivity index (χ4v) is 2.50. The van der Waals surface area contributed by atoms with E-state index >= 15 is 0 Å². The van der Waals surface area contributed by atoms with Crippen LogP contribution < -0.4 is 9.54 Å². The summed E-state index contributed by atoms with van der Waals surface area (Å²) < 4.78 is 6.88. The molecule has 0 aliphatic rings. The number of hydrogen-bond acceptors (Lipinski definition) is 4. The first-order valence-electron chi connectivity index (χ1n) is 5.64. The maximum absolute atomic E-state index is 10.7. The summed E-state index contributed by atoms with van der Waals surface area (Å²) in [6.07, 6.45) is 0.00509. The Hall–Kier alpha value is -2.08. The van der Waals surface area contributed by atoms with Crippen molar-refractivity contribution in [3.05, 3.63) is 40.1 Å². The predicted octanol–water partition coefficient (Wildman–Crippen LogP) is 1.95. The first-order chi connectivity index (χ1) is 9.10. The van der Waals surface area contributed by atoms with Crippen molar-refractivity contribution < 1.29 is 14.6 Å². The Balaban J connectivity index is 2.32. The Morgan fingerprint density at radius 1 is 1.42 bits per heavy atom. The molecule has 2 aromatic rings. The van der Waals surface area contributed by atoms with Crippen LogP contribution in [0.5, 0.6) is 5.75 Å². The lowest BCUT2D eigenvalue weighted by Crippen LogP contribution is -2.15. The Bertz CT molecular complexity index is 641. The van der Waals surface area contributed by atoms with Gasteiger partial charge < -0.3 is 14.4 Å². The first-order valence-corrected chi connectivity index (χ1v) is 6.52. The van der Waals surface area contributed by atoms with Gasteiger partial charge in [0.05, 0.1) is 19.2 Å². The number of thiazole rings is 1. The van der Waals surface area contributed by atoms with Crippen LogP contribution in [0.15, 0.2) is 34.6 Å². The van der Waals surface area contributed by atoms with Crippen LogP contribution in [-0.2, 0) is 18.3 Å². The SMILES string of the molecule is COc1ccc(/N=c2/scc(CC(=O)O)n2C)cc1. The van der Waals surface area contributed by atoms with Crippen LogP contribution in [0.4, 0.5) is 5.69 Å². The summed E-state index contributed by atoms with van der Waals surface area (Å²) in [5.74, 6) is -0.0644. The van der Waals surface area contributed by atoms with Crippen molar-refractivity contribution in [2.45, 2.75) is 6.42 Å². The van der Waals surface area contributed by atoms with Gasteiger partial charge >= 0.3 is 5.97 Å². The minimum atomic E-state index is -0.843. The average molecular weight is 278 g/mol. The van der Waals surface area contributed by atoms with Crippen molar-refractivity contribution in [2.75, 3.05) is 7.11 Å². The Morgan fingerprint density at radius 3 is 2.68 bits per heavy atom. The van der Waals surface area contributed by atoms with E-state index in [2.05, 4.69) is 4.99 Å². The van der Waals surface area contributed by atoms with Gasteiger partial charge in [0.15, 0.2) is 4.80 Å². The summed E-state index contributed by atoms with van der Waals surface area (Å²) in [5.41, 5.74) is 1.55. The molecule has 1 aromatic carbocycles. The standard InChI is InChI=1S/C13H14N2O3S/c1-15-10(7-12(16)17)8-19-13(15)14-9-3-5-11(18-2)6-4-9/h3-6,8H,7H2,1-2H3,(H,16,17)/b14-13+. The molecule has 0 saturated carbocycles. The molecule has 100 valence electrons. The number of carboxylic acids is 1.